The number of carbonyl (C=O) groups is 1. The smallest absolute Gasteiger partial charge is 0.243 e. The van der Waals surface area contributed by atoms with Crippen molar-refractivity contribution in [2.75, 3.05) is 27.8 Å². The van der Waals surface area contributed by atoms with Crippen LogP contribution in [-0.4, -0.2) is 52.5 Å². The van der Waals surface area contributed by atoms with Crippen LogP contribution in [0, 0.1) is 0 Å². The lowest BCUT2D eigenvalue weighted by atomic mass is 10.2. The van der Waals surface area contributed by atoms with E-state index >= 15 is 0 Å². The Kier molecular flexibility index (Phi) is 7.50. The summed E-state index contributed by atoms with van der Waals surface area (Å²) < 4.78 is 36.4. The van der Waals surface area contributed by atoms with Crippen LogP contribution in [0.15, 0.2) is 23.1 Å². The first-order chi connectivity index (χ1) is 11.3. The molecule has 0 bridgehead atoms. The highest BCUT2D eigenvalue weighted by Crippen LogP contribution is 2.30. The summed E-state index contributed by atoms with van der Waals surface area (Å²) >= 11 is 0. The number of rotatable bonds is 9. The molecule has 0 fully saturated rings. The second kappa shape index (κ2) is 8.89. The molecule has 0 aliphatic carbocycles. The van der Waals surface area contributed by atoms with Gasteiger partial charge in [-0.1, -0.05) is 13.3 Å². The van der Waals surface area contributed by atoms with Crippen LogP contribution >= 0.6 is 0 Å². The SMILES string of the molecule is CCC[C@@H](C)NC(=O)CN(C)S(=O)(=O)c1ccc(OC)c(OC)c1. The van der Waals surface area contributed by atoms with E-state index in [4.69, 9.17) is 9.47 Å². The highest BCUT2D eigenvalue weighted by atomic mass is 32.2. The molecular weight excluding hydrogens is 332 g/mol. The maximum absolute atomic E-state index is 12.6. The minimum atomic E-state index is -3.80. The van der Waals surface area contributed by atoms with Gasteiger partial charge in [-0.15, -0.1) is 0 Å². The molecule has 1 atom stereocenters. The van der Waals surface area contributed by atoms with Crippen molar-refractivity contribution in [1.82, 2.24) is 9.62 Å². The number of carbonyl (C=O) groups excluding carboxylic acids is 1. The lowest BCUT2D eigenvalue weighted by molar-refractivity contribution is -0.121. The Labute approximate surface area is 144 Å². The van der Waals surface area contributed by atoms with Crippen LogP contribution < -0.4 is 14.8 Å². The Bertz CT molecular complexity index is 660. The van der Waals surface area contributed by atoms with Crippen LogP contribution in [-0.2, 0) is 14.8 Å². The fourth-order valence-electron chi connectivity index (χ4n) is 2.27. The fourth-order valence-corrected chi connectivity index (χ4v) is 3.41. The molecule has 24 heavy (non-hydrogen) atoms. The number of ether oxygens (including phenoxy) is 2. The minimum absolute atomic E-state index is 0.0136. The highest BCUT2D eigenvalue weighted by molar-refractivity contribution is 7.89. The van der Waals surface area contributed by atoms with Crippen LogP contribution in [0.4, 0.5) is 0 Å². The number of amides is 1. The third-order valence-electron chi connectivity index (χ3n) is 3.56. The molecule has 0 saturated heterocycles. The van der Waals surface area contributed by atoms with E-state index < -0.39 is 10.0 Å². The van der Waals surface area contributed by atoms with E-state index in [0.717, 1.165) is 17.1 Å². The zero-order valence-electron chi connectivity index (χ0n) is 14.8. The van der Waals surface area contributed by atoms with E-state index in [9.17, 15) is 13.2 Å². The van der Waals surface area contributed by atoms with Crippen molar-refractivity contribution < 1.29 is 22.7 Å². The monoisotopic (exact) mass is 358 g/mol. The fraction of sp³-hybridized carbons (Fsp3) is 0.562. The van der Waals surface area contributed by atoms with Gasteiger partial charge in [0.15, 0.2) is 11.5 Å². The summed E-state index contributed by atoms with van der Waals surface area (Å²) in [4.78, 5) is 12.0. The molecule has 1 rings (SSSR count). The highest BCUT2D eigenvalue weighted by Gasteiger charge is 2.24. The summed E-state index contributed by atoms with van der Waals surface area (Å²) in [5.41, 5.74) is 0. The normalized spacial score (nSPS) is 12.8. The molecular formula is C16H26N2O5S. The zero-order chi connectivity index (χ0) is 18.3. The number of methoxy groups -OCH3 is 2. The summed E-state index contributed by atoms with van der Waals surface area (Å²) in [5.74, 6) is 0.417. The van der Waals surface area contributed by atoms with E-state index in [0.29, 0.717) is 11.5 Å². The van der Waals surface area contributed by atoms with Crippen LogP contribution in [0.2, 0.25) is 0 Å². The van der Waals surface area contributed by atoms with Gasteiger partial charge in [-0.3, -0.25) is 4.79 Å². The zero-order valence-corrected chi connectivity index (χ0v) is 15.6. The largest absolute Gasteiger partial charge is 0.493 e. The van der Waals surface area contributed by atoms with Crippen molar-refractivity contribution in [2.45, 2.75) is 37.6 Å². The van der Waals surface area contributed by atoms with Gasteiger partial charge in [0.25, 0.3) is 0 Å². The van der Waals surface area contributed by atoms with Gasteiger partial charge in [-0.2, -0.15) is 4.31 Å². The summed E-state index contributed by atoms with van der Waals surface area (Å²) in [5, 5.41) is 2.79. The molecule has 8 heteroatoms. The van der Waals surface area contributed by atoms with Crippen molar-refractivity contribution in [3.63, 3.8) is 0 Å². The van der Waals surface area contributed by atoms with Gasteiger partial charge >= 0.3 is 0 Å². The molecule has 7 nitrogen and oxygen atoms in total. The number of nitrogens with zero attached hydrogens (tertiary/aromatic N) is 1. The van der Waals surface area contributed by atoms with Gasteiger partial charge in [-0.05, 0) is 25.5 Å². The van der Waals surface area contributed by atoms with Crippen molar-refractivity contribution in [3.05, 3.63) is 18.2 Å². The molecule has 1 aromatic rings. The van der Waals surface area contributed by atoms with Crippen LogP contribution in [0.3, 0.4) is 0 Å². The molecule has 0 unspecified atom stereocenters. The Balaban J connectivity index is 2.89. The molecule has 0 aromatic heterocycles. The summed E-state index contributed by atoms with van der Waals surface area (Å²) in [6, 6.07) is 4.33. The minimum Gasteiger partial charge on any atom is -0.493 e. The van der Waals surface area contributed by atoms with Crippen LogP contribution in [0.1, 0.15) is 26.7 Å². The van der Waals surface area contributed by atoms with Gasteiger partial charge < -0.3 is 14.8 Å². The lowest BCUT2D eigenvalue weighted by Crippen LogP contribution is -2.41. The number of hydrogen-bond donors (Lipinski definition) is 1. The molecule has 1 aromatic carbocycles. The third kappa shape index (κ3) is 5.10. The third-order valence-corrected chi connectivity index (χ3v) is 5.36. The Morgan fingerprint density at radius 3 is 2.42 bits per heavy atom. The maximum atomic E-state index is 12.6. The second-order valence-electron chi connectivity index (χ2n) is 5.54. The Hall–Kier alpha value is -1.80. The standard InChI is InChI=1S/C16H26N2O5S/c1-6-7-12(2)17-16(19)11-18(3)24(20,21)13-8-9-14(22-4)15(10-13)23-5/h8-10,12H,6-7,11H2,1-5H3,(H,17,19)/t12-/m1/s1. The predicted octanol–water partition coefficient (Wildman–Crippen LogP) is 1.63. The second-order valence-corrected chi connectivity index (χ2v) is 7.58. The molecule has 0 saturated carbocycles. The number of nitrogens with one attached hydrogen (secondary N) is 1. The van der Waals surface area contributed by atoms with Crippen molar-refractivity contribution >= 4 is 15.9 Å². The Morgan fingerprint density at radius 1 is 1.25 bits per heavy atom. The molecule has 0 radical (unpaired) electrons. The van der Waals surface area contributed by atoms with Gasteiger partial charge in [0.1, 0.15) is 0 Å². The molecule has 1 amide bonds. The molecule has 0 heterocycles. The number of hydrogen-bond acceptors (Lipinski definition) is 5. The van der Waals surface area contributed by atoms with E-state index in [2.05, 4.69) is 5.32 Å². The van der Waals surface area contributed by atoms with Crippen LogP contribution in [0.25, 0.3) is 0 Å². The van der Waals surface area contributed by atoms with Gasteiger partial charge in [0.05, 0.1) is 25.7 Å². The summed E-state index contributed by atoms with van der Waals surface area (Å²) in [6.07, 6.45) is 1.79. The lowest BCUT2D eigenvalue weighted by Gasteiger charge is -2.19. The Morgan fingerprint density at radius 2 is 1.88 bits per heavy atom. The van der Waals surface area contributed by atoms with E-state index in [1.807, 2.05) is 13.8 Å². The van der Waals surface area contributed by atoms with E-state index in [1.165, 1.54) is 39.5 Å². The van der Waals surface area contributed by atoms with Gasteiger partial charge in [-0.25, -0.2) is 8.42 Å². The van der Waals surface area contributed by atoms with E-state index in [1.54, 1.807) is 0 Å². The molecule has 136 valence electrons. The van der Waals surface area contributed by atoms with Crippen molar-refractivity contribution in [1.29, 1.82) is 0 Å². The predicted molar refractivity (Wildman–Crippen MR) is 91.9 cm³/mol. The average Bonchev–Trinajstić information content (AvgIpc) is 2.53. The van der Waals surface area contributed by atoms with Gasteiger partial charge in [0.2, 0.25) is 15.9 Å². The molecule has 0 aliphatic rings. The quantitative estimate of drug-likeness (QED) is 0.725. The number of benzene rings is 1. The summed E-state index contributed by atoms with van der Waals surface area (Å²) in [6.45, 7) is 3.67. The van der Waals surface area contributed by atoms with E-state index in [-0.39, 0.29) is 23.4 Å². The number of sulfonamides is 1. The molecule has 0 spiro atoms. The first-order valence-corrected chi connectivity index (χ1v) is 9.18. The molecule has 1 N–H and O–H groups in total. The van der Waals surface area contributed by atoms with Gasteiger partial charge in [0, 0.05) is 19.2 Å². The maximum Gasteiger partial charge on any atom is 0.243 e. The van der Waals surface area contributed by atoms with Crippen molar-refractivity contribution in [2.24, 2.45) is 0 Å². The topological polar surface area (TPSA) is 84.9 Å². The first kappa shape index (κ1) is 20.2. The van der Waals surface area contributed by atoms with Crippen molar-refractivity contribution in [3.8, 4) is 11.5 Å². The van der Waals surface area contributed by atoms with Crippen LogP contribution in [0.5, 0.6) is 11.5 Å². The molecule has 0 aliphatic heterocycles. The number of likely N-dealkylation sites (N-methyl/N-ethyl adjacent to an activating group) is 1. The first-order valence-electron chi connectivity index (χ1n) is 7.74. The summed E-state index contributed by atoms with van der Waals surface area (Å²) in [7, 11) is 0.472. The average molecular weight is 358 g/mol.